The lowest BCUT2D eigenvalue weighted by atomic mass is 10.3. The Bertz CT molecular complexity index is 909. The Balaban J connectivity index is 2.00. The van der Waals surface area contributed by atoms with Crippen LogP contribution in [0.25, 0.3) is 0 Å². The molecule has 0 atom stereocenters. The number of benzene rings is 1. The van der Waals surface area contributed by atoms with Crippen LogP contribution in [0.5, 0.6) is 5.75 Å². The van der Waals surface area contributed by atoms with Gasteiger partial charge in [0.25, 0.3) is 0 Å². The molecule has 0 radical (unpaired) electrons. The second-order valence-corrected chi connectivity index (χ2v) is 7.27. The summed E-state index contributed by atoms with van der Waals surface area (Å²) in [7, 11) is -2.35. The molecule has 0 unspecified atom stereocenters. The number of para-hydroxylation sites is 1. The first-order chi connectivity index (χ1) is 12.1. The van der Waals surface area contributed by atoms with Crippen molar-refractivity contribution in [1.82, 2.24) is 9.29 Å². The molecule has 1 aromatic carbocycles. The topological polar surface area (TPSA) is 72.6 Å². The van der Waals surface area contributed by atoms with Crippen molar-refractivity contribution in [2.45, 2.75) is 18.0 Å². The summed E-state index contributed by atoms with van der Waals surface area (Å²) < 4.78 is 38.4. The molecular formula is C18H18N2O4S. The van der Waals surface area contributed by atoms with E-state index >= 15 is 0 Å². The SMILES string of the molecule is COc1ccccc1S(=O)(=O)N(Cc1cccnc1)Cc1ccco1. The van der Waals surface area contributed by atoms with E-state index in [-0.39, 0.29) is 18.0 Å². The number of aromatic nitrogens is 1. The van der Waals surface area contributed by atoms with Crippen LogP contribution in [0, 0.1) is 0 Å². The number of methoxy groups -OCH3 is 1. The van der Waals surface area contributed by atoms with Crippen LogP contribution in [0.4, 0.5) is 0 Å². The molecule has 2 heterocycles. The van der Waals surface area contributed by atoms with Crippen LogP contribution < -0.4 is 4.74 Å². The van der Waals surface area contributed by atoms with E-state index in [4.69, 9.17) is 9.15 Å². The summed E-state index contributed by atoms with van der Waals surface area (Å²) >= 11 is 0. The molecule has 0 saturated heterocycles. The molecule has 3 rings (SSSR count). The first-order valence-corrected chi connectivity index (χ1v) is 9.09. The third-order valence-electron chi connectivity index (χ3n) is 3.68. The molecule has 6 nitrogen and oxygen atoms in total. The van der Waals surface area contributed by atoms with Crippen LogP contribution in [0.1, 0.15) is 11.3 Å². The van der Waals surface area contributed by atoms with Crippen LogP contribution in [-0.4, -0.2) is 24.8 Å². The average Bonchev–Trinajstić information content (AvgIpc) is 3.15. The molecule has 25 heavy (non-hydrogen) atoms. The molecule has 0 aliphatic rings. The fourth-order valence-electron chi connectivity index (χ4n) is 2.47. The van der Waals surface area contributed by atoms with Crippen LogP contribution in [0.2, 0.25) is 0 Å². The minimum atomic E-state index is -3.80. The van der Waals surface area contributed by atoms with E-state index in [1.54, 1.807) is 48.8 Å². The molecule has 3 aromatic rings. The van der Waals surface area contributed by atoms with Gasteiger partial charge < -0.3 is 9.15 Å². The summed E-state index contributed by atoms with van der Waals surface area (Å²) in [4.78, 5) is 4.17. The predicted octanol–water partition coefficient (Wildman–Crippen LogP) is 3.07. The lowest BCUT2D eigenvalue weighted by Crippen LogP contribution is -2.30. The van der Waals surface area contributed by atoms with Gasteiger partial charge >= 0.3 is 0 Å². The summed E-state index contributed by atoms with van der Waals surface area (Å²) in [5.74, 6) is 0.862. The zero-order valence-electron chi connectivity index (χ0n) is 13.7. The van der Waals surface area contributed by atoms with Gasteiger partial charge in [-0.25, -0.2) is 8.42 Å². The fourth-order valence-corrected chi connectivity index (χ4v) is 4.02. The van der Waals surface area contributed by atoms with E-state index in [0.717, 1.165) is 5.56 Å². The van der Waals surface area contributed by atoms with E-state index in [1.165, 1.54) is 23.7 Å². The molecule has 0 amide bonds. The highest BCUT2D eigenvalue weighted by Crippen LogP contribution is 2.28. The Kier molecular flexibility index (Phi) is 5.16. The molecule has 0 spiro atoms. The fraction of sp³-hybridized carbons (Fsp3) is 0.167. The van der Waals surface area contributed by atoms with Crippen LogP contribution in [0.15, 0.2) is 76.5 Å². The third-order valence-corrected chi connectivity index (χ3v) is 5.51. The summed E-state index contributed by atoms with van der Waals surface area (Å²) in [5, 5.41) is 0. The number of furan rings is 1. The molecule has 2 aromatic heterocycles. The smallest absolute Gasteiger partial charge is 0.247 e. The Morgan fingerprint density at radius 1 is 1.08 bits per heavy atom. The summed E-state index contributed by atoms with van der Waals surface area (Å²) in [6.07, 6.45) is 4.81. The molecule has 0 saturated carbocycles. The highest BCUT2D eigenvalue weighted by Gasteiger charge is 2.28. The van der Waals surface area contributed by atoms with E-state index in [0.29, 0.717) is 11.5 Å². The molecule has 130 valence electrons. The number of sulfonamides is 1. The normalized spacial score (nSPS) is 11.6. The van der Waals surface area contributed by atoms with Gasteiger partial charge in [-0.1, -0.05) is 18.2 Å². The molecule has 0 aliphatic carbocycles. The largest absolute Gasteiger partial charge is 0.495 e. The maximum atomic E-state index is 13.2. The minimum Gasteiger partial charge on any atom is -0.495 e. The summed E-state index contributed by atoms with van der Waals surface area (Å²) in [6.45, 7) is 0.289. The monoisotopic (exact) mass is 358 g/mol. The third kappa shape index (κ3) is 3.89. The Hall–Kier alpha value is -2.64. The van der Waals surface area contributed by atoms with Crippen LogP contribution in [-0.2, 0) is 23.1 Å². The van der Waals surface area contributed by atoms with Crippen LogP contribution >= 0.6 is 0 Å². The zero-order chi connectivity index (χ0) is 17.7. The van der Waals surface area contributed by atoms with E-state index in [2.05, 4.69) is 4.98 Å². The van der Waals surface area contributed by atoms with E-state index in [1.807, 2.05) is 6.07 Å². The highest BCUT2D eigenvalue weighted by atomic mass is 32.2. The second-order valence-electron chi connectivity index (χ2n) is 5.36. The lowest BCUT2D eigenvalue weighted by molar-refractivity contribution is 0.353. The number of ether oxygens (including phenoxy) is 1. The van der Waals surface area contributed by atoms with Gasteiger partial charge in [-0.2, -0.15) is 4.31 Å². The van der Waals surface area contributed by atoms with Gasteiger partial charge in [0.2, 0.25) is 10.0 Å². The molecule has 0 aliphatic heterocycles. The van der Waals surface area contributed by atoms with Crippen molar-refractivity contribution in [3.63, 3.8) is 0 Å². The number of nitrogens with zero attached hydrogens (tertiary/aromatic N) is 2. The number of hydrogen-bond donors (Lipinski definition) is 0. The number of hydrogen-bond acceptors (Lipinski definition) is 5. The van der Waals surface area contributed by atoms with Gasteiger partial charge in [0.1, 0.15) is 16.4 Å². The number of pyridine rings is 1. The predicted molar refractivity (Wildman–Crippen MR) is 92.4 cm³/mol. The Morgan fingerprint density at radius 3 is 2.60 bits per heavy atom. The molecule has 0 bridgehead atoms. The second kappa shape index (κ2) is 7.50. The van der Waals surface area contributed by atoms with Crippen molar-refractivity contribution in [2.75, 3.05) is 7.11 Å². The maximum Gasteiger partial charge on any atom is 0.247 e. The Morgan fingerprint density at radius 2 is 1.92 bits per heavy atom. The first kappa shape index (κ1) is 17.2. The van der Waals surface area contributed by atoms with Crippen molar-refractivity contribution in [3.05, 3.63) is 78.5 Å². The maximum absolute atomic E-state index is 13.2. The van der Waals surface area contributed by atoms with Gasteiger partial charge in [0.15, 0.2) is 0 Å². The van der Waals surface area contributed by atoms with E-state index in [9.17, 15) is 8.42 Å². The molecule has 7 heteroatoms. The van der Waals surface area contributed by atoms with Crippen molar-refractivity contribution in [2.24, 2.45) is 0 Å². The molecular weight excluding hydrogens is 340 g/mol. The van der Waals surface area contributed by atoms with Gasteiger partial charge in [-0.15, -0.1) is 0 Å². The molecule has 0 N–H and O–H groups in total. The standard InChI is InChI=1S/C18H18N2O4S/c1-23-17-8-2-3-9-18(17)25(21,22)20(14-16-7-5-11-24-16)13-15-6-4-10-19-12-15/h2-12H,13-14H2,1H3. The molecule has 0 fully saturated rings. The van der Waals surface area contributed by atoms with Crippen molar-refractivity contribution >= 4 is 10.0 Å². The van der Waals surface area contributed by atoms with Crippen molar-refractivity contribution in [3.8, 4) is 5.75 Å². The van der Waals surface area contributed by atoms with Gasteiger partial charge in [-0.3, -0.25) is 4.98 Å². The van der Waals surface area contributed by atoms with Crippen LogP contribution in [0.3, 0.4) is 0 Å². The summed E-state index contributed by atoms with van der Waals surface area (Å²) in [5.41, 5.74) is 0.785. The van der Waals surface area contributed by atoms with Crippen molar-refractivity contribution in [1.29, 1.82) is 0 Å². The minimum absolute atomic E-state index is 0.113. The van der Waals surface area contributed by atoms with E-state index < -0.39 is 10.0 Å². The summed E-state index contributed by atoms with van der Waals surface area (Å²) in [6, 6.07) is 13.6. The first-order valence-electron chi connectivity index (χ1n) is 7.65. The average molecular weight is 358 g/mol. The van der Waals surface area contributed by atoms with Gasteiger partial charge in [0.05, 0.1) is 19.9 Å². The van der Waals surface area contributed by atoms with Gasteiger partial charge in [0, 0.05) is 18.9 Å². The lowest BCUT2D eigenvalue weighted by Gasteiger charge is -2.22. The quantitative estimate of drug-likeness (QED) is 0.649. The Labute approximate surface area is 146 Å². The zero-order valence-corrected chi connectivity index (χ0v) is 14.5. The van der Waals surface area contributed by atoms with Crippen molar-refractivity contribution < 1.29 is 17.6 Å². The number of rotatable bonds is 7. The van der Waals surface area contributed by atoms with Gasteiger partial charge in [-0.05, 0) is 35.9 Å². The highest BCUT2D eigenvalue weighted by molar-refractivity contribution is 7.89.